The van der Waals surface area contributed by atoms with Crippen molar-refractivity contribution < 1.29 is 19.8 Å². The molecule has 0 saturated heterocycles. The van der Waals surface area contributed by atoms with Gasteiger partial charge in [-0.3, -0.25) is 4.79 Å². The lowest BCUT2D eigenvalue weighted by molar-refractivity contribution is -0.147. The fraction of sp³-hybridized carbons (Fsp3) is 0.515. The molecule has 0 radical (unpaired) electrons. The van der Waals surface area contributed by atoms with Crippen molar-refractivity contribution in [1.82, 2.24) is 4.90 Å². The van der Waals surface area contributed by atoms with E-state index in [2.05, 4.69) is 43.9 Å². The number of carboxylic acids is 1. The van der Waals surface area contributed by atoms with E-state index in [0.717, 1.165) is 35.1 Å². The van der Waals surface area contributed by atoms with Gasteiger partial charge in [0.05, 0.1) is 0 Å². The lowest BCUT2D eigenvalue weighted by atomic mass is 9.69. The summed E-state index contributed by atoms with van der Waals surface area (Å²) in [5.74, 6) is 4.88. The van der Waals surface area contributed by atoms with E-state index >= 15 is 0 Å². The number of hydrogen-bond donors (Lipinski definition) is 2. The van der Waals surface area contributed by atoms with Crippen LogP contribution in [0.5, 0.6) is 0 Å². The van der Waals surface area contributed by atoms with E-state index in [0.29, 0.717) is 5.56 Å². The summed E-state index contributed by atoms with van der Waals surface area (Å²) >= 11 is 0. The van der Waals surface area contributed by atoms with Crippen LogP contribution in [0.4, 0.5) is 0 Å². The van der Waals surface area contributed by atoms with Crippen LogP contribution < -0.4 is 0 Å². The van der Waals surface area contributed by atoms with E-state index in [9.17, 15) is 19.8 Å². The van der Waals surface area contributed by atoms with Gasteiger partial charge in [0.15, 0.2) is 0 Å². The van der Waals surface area contributed by atoms with Crippen LogP contribution in [0.1, 0.15) is 106 Å². The molecule has 0 aromatic heterocycles. The van der Waals surface area contributed by atoms with Crippen LogP contribution in [-0.2, 0) is 10.2 Å². The van der Waals surface area contributed by atoms with E-state index in [-0.39, 0.29) is 16.7 Å². The molecular formula is C33H45NO4. The molecule has 206 valence electrons. The standard InChI is InChI=1S/C33H45NO4/c1-12-33(13-2,25-15-14-24(22(3)20-25)18-19-32(10,38)30(5,6)7)26-16-17-27(23(4)21-26)28(35)34(11)31(8,9)29(36)37/h14-17,20-21,38H,12-13H2,1-11H3,(H,36,37). The van der Waals surface area contributed by atoms with Crippen LogP contribution in [-0.4, -0.2) is 45.2 Å². The minimum absolute atomic E-state index is 0.258. The summed E-state index contributed by atoms with van der Waals surface area (Å²) in [4.78, 5) is 26.2. The van der Waals surface area contributed by atoms with Crippen molar-refractivity contribution in [3.8, 4) is 11.8 Å². The van der Waals surface area contributed by atoms with Crippen molar-refractivity contribution >= 4 is 11.9 Å². The maximum atomic E-state index is 13.2. The van der Waals surface area contributed by atoms with E-state index in [1.807, 2.05) is 52.8 Å². The van der Waals surface area contributed by atoms with Crippen molar-refractivity contribution in [3.63, 3.8) is 0 Å². The molecule has 0 saturated carbocycles. The highest BCUT2D eigenvalue weighted by atomic mass is 16.4. The largest absolute Gasteiger partial charge is 0.480 e. The van der Waals surface area contributed by atoms with Crippen LogP contribution >= 0.6 is 0 Å². The minimum atomic E-state index is -1.32. The molecule has 0 spiro atoms. The number of aryl methyl sites for hydroxylation is 2. The van der Waals surface area contributed by atoms with Crippen LogP contribution in [0.2, 0.25) is 0 Å². The molecule has 0 heterocycles. The van der Waals surface area contributed by atoms with Crippen LogP contribution in [0.15, 0.2) is 36.4 Å². The smallest absolute Gasteiger partial charge is 0.329 e. The van der Waals surface area contributed by atoms with Gasteiger partial charge in [-0.2, -0.15) is 0 Å². The Kier molecular flexibility index (Phi) is 8.96. The summed E-state index contributed by atoms with van der Waals surface area (Å²) < 4.78 is 0. The number of aliphatic carboxylic acids is 1. The zero-order valence-electron chi connectivity index (χ0n) is 25.0. The maximum absolute atomic E-state index is 13.2. The number of nitrogens with zero attached hydrogens (tertiary/aromatic N) is 1. The van der Waals surface area contributed by atoms with E-state index in [1.165, 1.54) is 31.4 Å². The number of hydrogen-bond acceptors (Lipinski definition) is 3. The second kappa shape index (κ2) is 10.9. The van der Waals surface area contributed by atoms with Gasteiger partial charge in [0.1, 0.15) is 11.1 Å². The molecule has 1 unspecified atom stereocenters. The first-order valence-electron chi connectivity index (χ1n) is 13.3. The zero-order chi connectivity index (χ0) is 29.3. The number of benzene rings is 2. The summed E-state index contributed by atoms with van der Waals surface area (Å²) in [7, 11) is 1.53. The number of rotatable bonds is 7. The van der Waals surface area contributed by atoms with E-state index in [4.69, 9.17) is 0 Å². The van der Waals surface area contributed by atoms with E-state index < -0.39 is 17.1 Å². The summed E-state index contributed by atoms with van der Waals surface area (Å²) in [6.45, 7) is 19.0. The van der Waals surface area contributed by atoms with Gasteiger partial charge >= 0.3 is 5.97 Å². The van der Waals surface area contributed by atoms with Gasteiger partial charge in [-0.1, -0.05) is 70.7 Å². The first-order valence-corrected chi connectivity index (χ1v) is 13.3. The van der Waals surface area contributed by atoms with Crippen molar-refractivity contribution in [2.24, 2.45) is 5.41 Å². The first kappa shape index (κ1) is 31.1. The van der Waals surface area contributed by atoms with Gasteiger partial charge in [-0.05, 0) is 81.8 Å². The van der Waals surface area contributed by atoms with Crippen molar-refractivity contribution in [3.05, 3.63) is 69.8 Å². The molecular weight excluding hydrogens is 474 g/mol. The molecule has 38 heavy (non-hydrogen) atoms. The Morgan fingerprint density at radius 2 is 1.37 bits per heavy atom. The molecule has 2 aromatic carbocycles. The lowest BCUT2D eigenvalue weighted by Gasteiger charge is -2.35. The van der Waals surface area contributed by atoms with E-state index in [1.54, 1.807) is 6.92 Å². The highest BCUT2D eigenvalue weighted by Gasteiger charge is 2.37. The third kappa shape index (κ3) is 5.81. The topological polar surface area (TPSA) is 77.8 Å². The van der Waals surface area contributed by atoms with Gasteiger partial charge in [-0.25, -0.2) is 4.79 Å². The van der Waals surface area contributed by atoms with Gasteiger partial charge in [-0.15, -0.1) is 0 Å². The minimum Gasteiger partial charge on any atom is -0.480 e. The molecule has 2 N–H and O–H groups in total. The van der Waals surface area contributed by atoms with Crippen molar-refractivity contribution in [1.29, 1.82) is 0 Å². The van der Waals surface area contributed by atoms with Gasteiger partial charge in [0.2, 0.25) is 0 Å². The summed E-state index contributed by atoms with van der Waals surface area (Å²) in [6.07, 6.45) is 1.73. The Balaban J connectivity index is 2.53. The second-order valence-corrected chi connectivity index (χ2v) is 12.1. The highest BCUT2D eigenvalue weighted by Crippen LogP contribution is 2.40. The quantitative estimate of drug-likeness (QED) is 0.410. The normalized spacial score (nSPS) is 13.8. The summed E-state index contributed by atoms with van der Waals surface area (Å²) in [6, 6.07) is 12.2. The van der Waals surface area contributed by atoms with Crippen molar-refractivity contribution in [2.45, 2.75) is 98.6 Å². The van der Waals surface area contributed by atoms with Gasteiger partial charge in [0, 0.05) is 29.0 Å². The van der Waals surface area contributed by atoms with Crippen molar-refractivity contribution in [2.75, 3.05) is 7.05 Å². The number of carbonyl (C=O) groups is 2. The molecule has 0 bridgehead atoms. The number of likely N-dealkylation sites (N-methyl/N-ethyl adjacent to an activating group) is 1. The fourth-order valence-electron chi connectivity index (χ4n) is 4.49. The number of carboxylic acid groups (broad SMARTS) is 1. The molecule has 1 amide bonds. The molecule has 2 aromatic rings. The molecule has 0 fully saturated rings. The molecule has 0 aliphatic carbocycles. The van der Waals surface area contributed by atoms with Crippen LogP contribution in [0.25, 0.3) is 0 Å². The Morgan fingerprint density at radius 1 is 0.868 bits per heavy atom. The summed E-state index contributed by atoms with van der Waals surface area (Å²) in [5, 5.41) is 20.3. The van der Waals surface area contributed by atoms with Crippen LogP contribution in [0.3, 0.4) is 0 Å². The number of aliphatic hydroxyl groups is 1. The average Bonchev–Trinajstić information content (AvgIpc) is 2.83. The molecule has 1 atom stereocenters. The Hall–Kier alpha value is -3.10. The first-order chi connectivity index (χ1) is 17.4. The molecule has 2 rings (SSSR count). The lowest BCUT2D eigenvalue weighted by Crippen LogP contribution is -2.50. The fourth-order valence-corrected chi connectivity index (χ4v) is 4.49. The molecule has 0 aliphatic rings. The van der Waals surface area contributed by atoms with Gasteiger partial charge in [0.25, 0.3) is 5.91 Å². The molecule has 5 nitrogen and oxygen atoms in total. The predicted octanol–water partition coefficient (Wildman–Crippen LogP) is 6.49. The Bertz CT molecular complexity index is 1260. The number of amides is 1. The third-order valence-corrected chi connectivity index (χ3v) is 8.56. The maximum Gasteiger partial charge on any atom is 0.329 e. The Labute approximate surface area is 229 Å². The average molecular weight is 520 g/mol. The third-order valence-electron chi connectivity index (χ3n) is 8.56. The Morgan fingerprint density at radius 3 is 1.79 bits per heavy atom. The highest BCUT2D eigenvalue weighted by molar-refractivity contribution is 5.98. The van der Waals surface area contributed by atoms with Gasteiger partial charge < -0.3 is 15.1 Å². The second-order valence-electron chi connectivity index (χ2n) is 12.1. The van der Waals surface area contributed by atoms with Crippen LogP contribution in [0, 0.1) is 31.1 Å². The predicted molar refractivity (Wildman–Crippen MR) is 154 cm³/mol. The molecule has 5 heteroatoms. The zero-order valence-corrected chi connectivity index (χ0v) is 25.0. The SMILES string of the molecule is CCC(CC)(c1ccc(C#CC(C)(O)C(C)(C)C)c(C)c1)c1ccc(C(=O)N(C)C(C)(C)C(=O)O)c(C)c1. The number of carbonyl (C=O) groups excluding carboxylic acids is 1. The molecule has 0 aliphatic heterocycles. The monoisotopic (exact) mass is 519 g/mol. The summed E-state index contributed by atoms with van der Waals surface area (Å²) in [5.41, 5.74) is 2.49.